The van der Waals surface area contributed by atoms with Crippen LogP contribution in [0.25, 0.3) is 5.65 Å². The number of benzene rings is 1. The molecule has 0 aliphatic carbocycles. The van der Waals surface area contributed by atoms with Crippen molar-refractivity contribution in [2.45, 2.75) is 33.0 Å². The monoisotopic (exact) mass is 394 g/mol. The first kappa shape index (κ1) is 19.3. The van der Waals surface area contributed by atoms with Gasteiger partial charge in [-0.25, -0.2) is 4.98 Å². The molecule has 2 aromatic heterocycles. The highest BCUT2D eigenvalue weighted by molar-refractivity contribution is 5.78. The molecule has 0 saturated heterocycles. The second-order valence-corrected chi connectivity index (χ2v) is 7.55. The van der Waals surface area contributed by atoms with Gasteiger partial charge in [0.15, 0.2) is 0 Å². The van der Waals surface area contributed by atoms with Gasteiger partial charge >= 0.3 is 0 Å². The van der Waals surface area contributed by atoms with Crippen LogP contribution in [-0.2, 0) is 17.9 Å². The van der Waals surface area contributed by atoms with E-state index in [-0.39, 0.29) is 12.0 Å². The van der Waals surface area contributed by atoms with Crippen LogP contribution in [0.3, 0.4) is 0 Å². The first-order valence-corrected chi connectivity index (χ1v) is 9.77. The number of rotatable bonds is 5. The van der Waals surface area contributed by atoms with Crippen LogP contribution in [0, 0.1) is 6.92 Å². The Labute approximate surface area is 170 Å². The average Bonchev–Trinajstić information content (AvgIpc) is 3.02. The van der Waals surface area contributed by atoms with E-state index in [1.807, 2.05) is 61.0 Å². The molecule has 152 valence electrons. The Balaban J connectivity index is 1.37. The molecule has 1 aliphatic rings. The molecule has 1 unspecified atom stereocenters. The average molecular weight is 394 g/mol. The highest BCUT2D eigenvalue weighted by Crippen LogP contribution is 2.29. The molecule has 0 saturated carbocycles. The molecule has 3 heterocycles. The fourth-order valence-electron chi connectivity index (χ4n) is 3.62. The highest BCUT2D eigenvalue weighted by Gasteiger charge is 2.22. The second kappa shape index (κ2) is 8.13. The first-order chi connectivity index (χ1) is 14.0. The zero-order chi connectivity index (χ0) is 20.4. The SMILES string of the molecule is COc1ccc2c(c1)OC(C)CN(CC(=O)NCc1cn3ccc(C)cc3n1)C2. The Kier molecular flexibility index (Phi) is 5.40. The van der Waals surface area contributed by atoms with E-state index in [0.29, 0.717) is 26.2 Å². The van der Waals surface area contributed by atoms with Gasteiger partial charge in [-0.05, 0) is 37.6 Å². The van der Waals surface area contributed by atoms with E-state index < -0.39 is 0 Å². The largest absolute Gasteiger partial charge is 0.497 e. The van der Waals surface area contributed by atoms with Crippen molar-refractivity contribution in [1.82, 2.24) is 19.6 Å². The molecule has 1 aromatic carbocycles. The summed E-state index contributed by atoms with van der Waals surface area (Å²) in [4.78, 5) is 19.2. The molecule has 3 aromatic rings. The van der Waals surface area contributed by atoms with Gasteiger partial charge in [0.05, 0.1) is 25.9 Å². The quantitative estimate of drug-likeness (QED) is 0.720. The van der Waals surface area contributed by atoms with Gasteiger partial charge in [-0.1, -0.05) is 6.07 Å². The first-order valence-electron chi connectivity index (χ1n) is 9.77. The zero-order valence-electron chi connectivity index (χ0n) is 17.0. The molecule has 4 rings (SSSR count). The van der Waals surface area contributed by atoms with Crippen molar-refractivity contribution in [1.29, 1.82) is 0 Å². The summed E-state index contributed by atoms with van der Waals surface area (Å²) < 4.78 is 13.3. The highest BCUT2D eigenvalue weighted by atomic mass is 16.5. The number of carbonyl (C=O) groups is 1. The van der Waals surface area contributed by atoms with Crippen molar-refractivity contribution in [3.8, 4) is 11.5 Å². The van der Waals surface area contributed by atoms with Gasteiger partial charge in [0.25, 0.3) is 0 Å². The number of imidazole rings is 1. The molecule has 29 heavy (non-hydrogen) atoms. The molecule has 7 nitrogen and oxygen atoms in total. The molecule has 1 N–H and O–H groups in total. The topological polar surface area (TPSA) is 68.1 Å². The van der Waals surface area contributed by atoms with Crippen LogP contribution in [0.4, 0.5) is 0 Å². The van der Waals surface area contributed by atoms with Crippen molar-refractivity contribution in [2.24, 2.45) is 0 Å². The lowest BCUT2D eigenvalue weighted by atomic mass is 10.2. The Bertz CT molecular complexity index is 1030. The Morgan fingerprint density at radius 2 is 2.21 bits per heavy atom. The van der Waals surface area contributed by atoms with Gasteiger partial charge in [-0.3, -0.25) is 9.69 Å². The number of nitrogens with zero attached hydrogens (tertiary/aromatic N) is 3. The number of aryl methyl sites for hydroxylation is 1. The van der Waals surface area contributed by atoms with E-state index in [9.17, 15) is 4.79 Å². The van der Waals surface area contributed by atoms with Gasteiger partial charge < -0.3 is 19.2 Å². The minimum atomic E-state index is -0.0256. The third-order valence-corrected chi connectivity index (χ3v) is 5.01. The lowest BCUT2D eigenvalue weighted by molar-refractivity contribution is -0.122. The molecule has 0 fully saturated rings. The fraction of sp³-hybridized carbons (Fsp3) is 0.364. The standard InChI is InChI=1S/C22H26N4O3/c1-15-6-7-26-13-18(24-21(26)8-15)10-23-22(27)14-25-11-16(2)29-20-9-19(28-3)5-4-17(20)12-25/h4-9,13,16H,10-12,14H2,1-3H3,(H,23,27). The molecule has 1 amide bonds. The third-order valence-electron chi connectivity index (χ3n) is 5.01. The zero-order valence-corrected chi connectivity index (χ0v) is 17.0. The third kappa shape index (κ3) is 4.51. The second-order valence-electron chi connectivity index (χ2n) is 7.55. The van der Waals surface area contributed by atoms with Crippen LogP contribution < -0.4 is 14.8 Å². The summed E-state index contributed by atoms with van der Waals surface area (Å²) in [5.74, 6) is 1.56. The molecule has 0 bridgehead atoms. The number of hydrogen-bond acceptors (Lipinski definition) is 5. The summed E-state index contributed by atoms with van der Waals surface area (Å²) in [5.41, 5.74) is 3.95. The maximum Gasteiger partial charge on any atom is 0.234 e. The summed E-state index contributed by atoms with van der Waals surface area (Å²) in [6, 6.07) is 9.88. The van der Waals surface area contributed by atoms with Crippen LogP contribution in [0.5, 0.6) is 11.5 Å². The molecular formula is C22H26N4O3. The van der Waals surface area contributed by atoms with Crippen LogP contribution >= 0.6 is 0 Å². The van der Waals surface area contributed by atoms with Crippen LogP contribution in [0.15, 0.2) is 42.7 Å². The van der Waals surface area contributed by atoms with Gasteiger partial charge in [-0.15, -0.1) is 0 Å². The molecular weight excluding hydrogens is 368 g/mol. The number of aromatic nitrogens is 2. The van der Waals surface area contributed by atoms with Crippen molar-refractivity contribution in [3.63, 3.8) is 0 Å². The number of carbonyl (C=O) groups excluding carboxylic acids is 1. The van der Waals surface area contributed by atoms with Gasteiger partial charge in [0.2, 0.25) is 5.91 Å². The number of hydrogen-bond donors (Lipinski definition) is 1. The molecule has 1 atom stereocenters. The predicted molar refractivity (Wildman–Crippen MR) is 110 cm³/mol. The summed E-state index contributed by atoms with van der Waals surface area (Å²) in [7, 11) is 1.64. The van der Waals surface area contributed by atoms with E-state index in [2.05, 4.69) is 15.2 Å². The minimum Gasteiger partial charge on any atom is -0.497 e. The normalized spacial score (nSPS) is 16.7. The van der Waals surface area contributed by atoms with Crippen molar-refractivity contribution >= 4 is 11.6 Å². The van der Waals surface area contributed by atoms with Crippen LogP contribution in [0.2, 0.25) is 0 Å². The van der Waals surface area contributed by atoms with Crippen molar-refractivity contribution < 1.29 is 14.3 Å². The molecule has 7 heteroatoms. The van der Waals surface area contributed by atoms with Crippen LogP contribution in [0.1, 0.15) is 23.7 Å². The van der Waals surface area contributed by atoms with Crippen molar-refractivity contribution in [2.75, 3.05) is 20.2 Å². The molecule has 0 spiro atoms. The van der Waals surface area contributed by atoms with Gasteiger partial charge in [0, 0.05) is 37.1 Å². The van der Waals surface area contributed by atoms with Gasteiger partial charge in [-0.2, -0.15) is 0 Å². The van der Waals surface area contributed by atoms with Gasteiger partial charge in [0.1, 0.15) is 23.3 Å². The van der Waals surface area contributed by atoms with E-state index in [4.69, 9.17) is 9.47 Å². The molecule has 0 radical (unpaired) electrons. The number of nitrogens with one attached hydrogen (secondary N) is 1. The summed E-state index contributed by atoms with van der Waals surface area (Å²) >= 11 is 0. The predicted octanol–water partition coefficient (Wildman–Crippen LogP) is 2.55. The van der Waals surface area contributed by atoms with E-state index >= 15 is 0 Å². The number of amides is 1. The fourth-order valence-corrected chi connectivity index (χ4v) is 3.62. The van der Waals surface area contributed by atoms with Crippen molar-refractivity contribution in [3.05, 3.63) is 59.5 Å². The maximum atomic E-state index is 12.5. The lowest BCUT2D eigenvalue weighted by Crippen LogP contribution is -2.39. The maximum absolute atomic E-state index is 12.5. The number of pyridine rings is 1. The number of fused-ring (bicyclic) bond motifs is 2. The number of ether oxygens (including phenoxy) is 2. The Morgan fingerprint density at radius 3 is 3.03 bits per heavy atom. The minimum absolute atomic E-state index is 0.0159. The van der Waals surface area contributed by atoms with E-state index in [1.54, 1.807) is 7.11 Å². The van der Waals surface area contributed by atoms with E-state index in [1.165, 1.54) is 0 Å². The summed E-state index contributed by atoms with van der Waals surface area (Å²) in [6.45, 7) is 6.11. The summed E-state index contributed by atoms with van der Waals surface area (Å²) in [5, 5.41) is 2.98. The van der Waals surface area contributed by atoms with E-state index in [0.717, 1.165) is 34.0 Å². The summed E-state index contributed by atoms with van der Waals surface area (Å²) in [6.07, 6.45) is 3.91. The Morgan fingerprint density at radius 1 is 1.34 bits per heavy atom. The smallest absolute Gasteiger partial charge is 0.234 e. The lowest BCUT2D eigenvalue weighted by Gasteiger charge is -2.21. The molecule has 1 aliphatic heterocycles. The Hall–Kier alpha value is -3.06. The van der Waals surface area contributed by atoms with Crippen LogP contribution in [-0.4, -0.2) is 46.5 Å². The number of methoxy groups -OCH3 is 1.